The first-order valence-corrected chi connectivity index (χ1v) is 4.22. The van der Waals surface area contributed by atoms with Crippen LogP contribution in [0.15, 0.2) is 17.0 Å². The van der Waals surface area contributed by atoms with Crippen LogP contribution >= 0.6 is 15.9 Å². The van der Waals surface area contributed by atoms with E-state index in [1.807, 2.05) is 17.7 Å². The number of anilines is 1. The largest absolute Gasteiger partial charge is 0.382 e. The molecule has 0 aliphatic rings. The fourth-order valence-electron chi connectivity index (χ4n) is 1.16. The van der Waals surface area contributed by atoms with Crippen molar-refractivity contribution < 1.29 is 0 Å². The Bertz CT molecular complexity index is 434. The molecule has 12 heavy (non-hydrogen) atoms. The van der Waals surface area contributed by atoms with Gasteiger partial charge in [-0.05, 0) is 22.0 Å². The predicted molar refractivity (Wildman–Crippen MR) is 50.6 cm³/mol. The minimum absolute atomic E-state index is 0.508. The Morgan fingerprint density at radius 2 is 2.33 bits per heavy atom. The number of aromatic nitrogens is 3. The molecule has 2 N–H and O–H groups in total. The number of nitrogens with two attached hydrogens (primary N) is 1. The lowest BCUT2D eigenvalue weighted by Gasteiger charge is -1.97. The number of fused-ring (bicyclic) bond motifs is 1. The molecule has 2 aromatic heterocycles. The van der Waals surface area contributed by atoms with Crippen LogP contribution in [0.1, 0.15) is 0 Å². The van der Waals surface area contributed by atoms with E-state index < -0.39 is 0 Å². The van der Waals surface area contributed by atoms with Gasteiger partial charge in [0, 0.05) is 13.2 Å². The van der Waals surface area contributed by atoms with Crippen molar-refractivity contribution in [1.29, 1.82) is 0 Å². The highest BCUT2D eigenvalue weighted by Gasteiger charge is 2.07. The molecule has 2 heterocycles. The summed E-state index contributed by atoms with van der Waals surface area (Å²) in [6.07, 6.45) is 1.65. The van der Waals surface area contributed by atoms with Crippen LogP contribution < -0.4 is 5.73 Å². The molecule has 0 bridgehead atoms. The van der Waals surface area contributed by atoms with Crippen LogP contribution in [0.3, 0.4) is 0 Å². The molecule has 0 saturated heterocycles. The van der Waals surface area contributed by atoms with Crippen LogP contribution in [0.4, 0.5) is 5.82 Å². The maximum absolute atomic E-state index is 5.68. The summed E-state index contributed by atoms with van der Waals surface area (Å²) in [5.41, 5.74) is 7.40. The molecule has 0 saturated carbocycles. The number of hydrogen-bond donors (Lipinski definition) is 1. The molecule has 0 aliphatic heterocycles. The van der Waals surface area contributed by atoms with E-state index in [9.17, 15) is 0 Å². The van der Waals surface area contributed by atoms with Gasteiger partial charge < -0.3 is 10.3 Å². The fourth-order valence-corrected chi connectivity index (χ4v) is 1.53. The summed E-state index contributed by atoms with van der Waals surface area (Å²) < 4.78 is 2.62. The summed E-state index contributed by atoms with van der Waals surface area (Å²) in [4.78, 5) is 8.21. The Morgan fingerprint density at radius 3 is 3.00 bits per heavy atom. The molecule has 5 heteroatoms. The second-order valence-electron chi connectivity index (χ2n) is 2.50. The third-order valence-electron chi connectivity index (χ3n) is 1.76. The first kappa shape index (κ1) is 7.54. The molecule has 2 aromatic rings. The highest BCUT2D eigenvalue weighted by atomic mass is 79.9. The Labute approximate surface area is 77.5 Å². The number of pyridine rings is 1. The number of nitrogen functional groups attached to an aromatic ring is 1. The van der Waals surface area contributed by atoms with Gasteiger partial charge in [-0.1, -0.05) is 0 Å². The van der Waals surface area contributed by atoms with Crippen molar-refractivity contribution in [3.05, 3.63) is 17.0 Å². The van der Waals surface area contributed by atoms with Gasteiger partial charge in [0.05, 0.1) is 5.52 Å². The fraction of sp³-hybridized carbons (Fsp3) is 0.143. The summed E-state index contributed by atoms with van der Waals surface area (Å²) in [6, 6.07) is 1.83. The SMILES string of the molecule is Cn1c(Br)nc2ccnc(N)c21. The van der Waals surface area contributed by atoms with Crippen molar-refractivity contribution in [2.75, 3.05) is 5.73 Å². The van der Waals surface area contributed by atoms with Crippen LogP contribution in [0, 0.1) is 0 Å². The third-order valence-corrected chi connectivity index (χ3v) is 2.47. The van der Waals surface area contributed by atoms with Gasteiger partial charge in [-0.25, -0.2) is 9.97 Å². The van der Waals surface area contributed by atoms with Crippen molar-refractivity contribution in [3.8, 4) is 0 Å². The smallest absolute Gasteiger partial charge is 0.177 e. The first-order chi connectivity index (χ1) is 5.70. The standard InChI is InChI=1S/C7H7BrN4/c1-12-5-4(11-7(12)8)2-3-10-6(5)9/h2-3H,1H3,(H2,9,10). The number of aryl methyl sites for hydroxylation is 1. The molecular weight excluding hydrogens is 220 g/mol. The van der Waals surface area contributed by atoms with E-state index in [4.69, 9.17) is 5.73 Å². The van der Waals surface area contributed by atoms with E-state index in [2.05, 4.69) is 25.9 Å². The van der Waals surface area contributed by atoms with Crippen molar-refractivity contribution in [1.82, 2.24) is 14.5 Å². The number of nitrogens with zero attached hydrogens (tertiary/aromatic N) is 3. The Morgan fingerprint density at radius 1 is 1.58 bits per heavy atom. The normalized spacial score (nSPS) is 10.8. The maximum atomic E-state index is 5.68. The van der Waals surface area contributed by atoms with Crippen LogP contribution in [0.2, 0.25) is 0 Å². The zero-order valence-electron chi connectivity index (χ0n) is 6.45. The highest BCUT2D eigenvalue weighted by Crippen LogP contribution is 2.21. The monoisotopic (exact) mass is 226 g/mol. The van der Waals surface area contributed by atoms with Crippen LogP contribution in [-0.2, 0) is 7.05 Å². The van der Waals surface area contributed by atoms with E-state index in [-0.39, 0.29) is 0 Å². The second-order valence-corrected chi connectivity index (χ2v) is 3.21. The van der Waals surface area contributed by atoms with Gasteiger partial charge in [-0.15, -0.1) is 0 Å². The van der Waals surface area contributed by atoms with Gasteiger partial charge in [-0.2, -0.15) is 0 Å². The van der Waals surface area contributed by atoms with E-state index in [1.54, 1.807) is 6.20 Å². The molecule has 0 atom stereocenters. The van der Waals surface area contributed by atoms with Gasteiger partial charge in [0.2, 0.25) is 0 Å². The number of hydrogen-bond acceptors (Lipinski definition) is 3. The van der Waals surface area contributed by atoms with E-state index in [1.165, 1.54) is 0 Å². The summed E-state index contributed by atoms with van der Waals surface area (Å²) in [5, 5.41) is 0. The highest BCUT2D eigenvalue weighted by molar-refractivity contribution is 9.10. The number of imidazole rings is 1. The summed E-state index contributed by atoms with van der Waals surface area (Å²) in [5.74, 6) is 0.508. The maximum Gasteiger partial charge on any atom is 0.177 e. The predicted octanol–water partition coefficient (Wildman–Crippen LogP) is 1.31. The molecule has 0 fully saturated rings. The molecule has 4 nitrogen and oxygen atoms in total. The van der Waals surface area contributed by atoms with Crippen LogP contribution in [0.25, 0.3) is 11.0 Å². The zero-order chi connectivity index (χ0) is 8.72. The van der Waals surface area contributed by atoms with Crippen LogP contribution in [0.5, 0.6) is 0 Å². The van der Waals surface area contributed by atoms with Gasteiger partial charge in [0.15, 0.2) is 4.73 Å². The van der Waals surface area contributed by atoms with Gasteiger partial charge in [0.1, 0.15) is 11.3 Å². The molecule has 0 amide bonds. The Balaban J connectivity index is 2.97. The summed E-state index contributed by atoms with van der Waals surface area (Å²) in [7, 11) is 1.89. The van der Waals surface area contributed by atoms with Gasteiger partial charge in [0.25, 0.3) is 0 Å². The summed E-state index contributed by atoms with van der Waals surface area (Å²) >= 11 is 3.31. The van der Waals surface area contributed by atoms with Gasteiger partial charge in [-0.3, -0.25) is 0 Å². The number of rotatable bonds is 0. The average Bonchev–Trinajstić information content (AvgIpc) is 2.29. The van der Waals surface area contributed by atoms with Crippen molar-refractivity contribution >= 4 is 32.8 Å². The molecule has 0 unspecified atom stereocenters. The average molecular weight is 227 g/mol. The lowest BCUT2D eigenvalue weighted by Crippen LogP contribution is -1.95. The Hall–Kier alpha value is -1.10. The molecule has 62 valence electrons. The molecular formula is C7H7BrN4. The minimum atomic E-state index is 0.508. The molecule has 0 aromatic carbocycles. The molecule has 0 radical (unpaired) electrons. The third kappa shape index (κ3) is 0.896. The van der Waals surface area contributed by atoms with E-state index in [0.717, 1.165) is 15.8 Å². The van der Waals surface area contributed by atoms with Crippen molar-refractivity contribution in [2.24, 2.45) is 7.05 Å². The quantitative estimate of drug-likeness (QED) is 0.738. The van der Waals surface area contributed by atoms with Gasteiger partial charge >= 0.3 is 0 Å². The number of halogens is 1. The molecule has 0 aliphatic carbocycles. The Kier molecular flexibility index (Phi) is 1.54. The first-order valence-electron chi connectivity index (χ1n) is 3.42. The lowest BCUT2D eigenvalue weighted by atomic mass is 10.4. The zero-order valence-corrected chi connectivity index (χ0v) is 8.04. The second kappa shape index (κ2) is 2.45. The minimum Gasteiger partial charge on any atom is -0.382 e. The topological polar surface area (TPSA) is 56.7 Å². The van der Waals surface area contributed by atoms with E-state index in [0.29, 0.717) is 5.82 Å². The lowest BCUT2D eigenvalue weighted by molar-refractivity contribution is 0.911. The molecule has 2 rings (SSSR count). The molecule has 0 spiro atoms. The van der Waals surface area contributed by atoms with E-state index >= 15 is 0 Å². The van der Waals surface area contributed by atoms with Crippen molar-refractivity contribution in [2.45, 2.75) is 0 Å². The van der Waals surface area contributed by atoms with Crippen molar-refractivity contribution in [3.63, 3.8) is 0 Å². The van der Waals surface area contributed by atoms with Crippen LogP contribution in [-0.4, -0.2) is 14.5 Å². The summed E-state index contributed by atoms with van der Waals surface area (Å²) in [6.45, 7) is 0.